The molecule has 3 rings (SSSR count). The molecular formula is C20H30N2O3. The molecule has 2 aliphatic rings. The van der Waals surface area contributed by atoms with Crippen LogP contribution < -0.4 is 15.4 Å². The van der Waals surface area contributed by atoms with Gasteiger partial charge in [0.1, 0.15) is 5.75 Å². The molecule has 1 aromatic carbocycles. The highest BCUT2D eigenvalue weighted by molar-refractivity contribution is 5.85. The first-order valence-electron chi connectivity index (χ1n) is 9.50. The van der Waals surface area contributed by atoms with Crippen LogP contribution in [0.15, 0.2) is 24.3 Å². The van der Waals surface area contributed by atoms with Crippen LogP contribution in [0.2, 0.25) is 0 Å². The summed E-state index contributed by atoms with van der Waals surface area (Å²) in [6.07, 6.45) is 4.67. The van der Waals surface area contributed by atoms with Gasteiger partial charge in [-0.15, -0.1) is 0 Å². The third-order valence-electron chi connectivity index (χ3n) is 5.26. The Bertz CT molecular complexity index is 547. The molecule has 25 heavy (non-hydrogen) atoms. The van der Waals surface area contributed by atoms with Crippen LogP contribution in [0.3, 0.4) is 0 Å². The second-order valence-corrected chi connectivity index (χ2v) is 7.29. The Morgan fingerprint density at radius 3 is 2.76 bits per heavy atom. The van der Waals surface area contributed by atoms with Crippen LogP contribution in [-0.4, -0.2) is 44.4 Å². The lowest BCUT2D eigenvalue weighted by Crippen LogP contribution is -2.56. The predicted molar refractivity (Wildman–Crippen MR) is 97.8 cm³/mol. The van der Waals surface area contributed by atoms with Crippen molar-refractivity contribution in [3.63, 3.8) is 0 Å². The summed E-state index contributed by atoms with van der Waals surface area (Å²) in [5, 5.41) is 6.44. The fourth-order valence-corrected chi connectivity index (χ4v) is 3.60. The van der Waals surface area contributed by atoms with Crippen molar-refractivity contribution in [1.29, 1.82) is 0 Å². The van der Waals surface area contributed by atoms with Gasteiger partial charge in [0.15, 0.2) is 5.60 Å². The third-order valence-corrected chi connectivity index (χ3v) is 5.26. The highest BCUT2D eigenvalue weighted by Crippen LogP contribution is 2.27. The molecule has 2 aliphatic heterocycles. The van der Waals surface area contributed by atoms with Gasteiger partial charge in [0.2, 0.25) is 0 Å². The molecule has 2 fully saturated rings. The zero-order valence-corrected chi connectivity index (χ0v) is 15.2. The Hall–Kier alpha value is -1.59. The lowest BCUT2D eigenvalue weighted by atomic mass is 9.90. The molecule has 1 aromatic rings. The van der Waals surface area contributed by atoms with Crippen LogP contribution in [0.25, 0.3) is 0 Å². The molecule has 138 valence electrons. The second-order valence-electron chi connectivity index (χ2n) is 7.29. The minimum atomic E-state index is -0.753. The molecule has 0 spiro atoms. The van der Waals surface area contributed by atoms with E-state index in [4.69, 9.17) is 9.47 Å². The predicted octanol–water partition coefficient (Wildman–Crippen LogP) is 2.43. The van der Waals surface area contributed by atoms with Gasteiger partial charge in [0.25, 0.3) is 5.91 Å². The van der Waals surface area contributed by atoms with Crippen molar-refractivity contribution >= 4 is 5.91 Å². The van der Waals surface area contributed by atoms with Crippen LogP contribution in [-0.2, 0) is 9.53 Å². The molecule has 0 aromatic heterocycles. The van der Waals surface area contributed by atoms with Gasteiger partial charge in [-0.25, -0.2) is 0 Å². The maximum atomic E-state index is 12.9. The Kier molecular flexibility index (Phi) is 6.32. The van der Waals surface area contributed by atoms with Gasteiger partial charge >= 0.3 is 0 Å². The van der Waals surface area contributed by atoms with E-state index in [1.54, 1.807) is 0 Å². The molecule has 2 saturated heterocycles. The summed E-state index contributed by atoms with van der Waals surface area (Å²) in [6, 6.07) is 7.94. The molecule has 2 heterocycles. The molecule has 2 N–H and O–H groups in total. The molecule has 0 radical (unpaired) electrons. The van der Waals surface area contributed by atoms with Crippen molar-refractivity contribution in [3.8, 4) is 5.75 Å². The van der Waals surface area contributed by atoms with E-state index in [1.807, 2.05) is 31.2 Å². The quantitative estimate of drug-likeness (QED) is 0.745. The second kappa shape index (κ2) is 8.68. The van der Waals surface area contributed by atoms with Crippen molar-refractivity contribution in [2.24, 2.45) is 5.92 Å². The average molecular weight is 346 g/mol. The van der Waals surface area contributed by atoms with Crippen molar-refractivity contribution in [2.75, 3.05) is 32.8 Å². The molecule has 5 heteroatoms. The van der Waals surface area contributed by atoms with E-state index in [0.717, 1.165) is 51.3 Å². The zero-order chi connectivity index (χ0) is 17.5. The van der Waals surface area contributed by atoms with E-state index in [1.165, 1.54) is 5.56 Å². The van der Waals surface area contributed by atoms with Crippen molar-refractivity contribution in [3.05, 3.63) is 29.8 Å². The third kappa shape index (κ3) is 4.95. The summed E-state index contributed by atoms with van der Waals surface area (Å²) in [7, 11) is 0. The summed E-state index contributed by atoms with van der Waals surface area (Å²) in [4.78, 5) is 12.9. The van der Waals surface area contributed by atoms with Gasteiger partial charge in [-0.1, -0.05) is 17.7 Å². The molecular weight excluding hydrogens is 316 g/mol. The van der Waals surface area contributed by atoms with Crippen LogP contribution in [0.1, 0.15) is 37.7 Å². The molecule has 5 nitrogen and oxygen atoms in total. The summed E-state index contributed by atoms with van der Waals surface area (Å²) in [5.74, 6) is 1.46. The number of hydrogen-bond donors (Lipinski definition) is 2. The standard InChI is InChI=1S/C20H30N2O3/c1-16-4-6-18(7-5-16)25-20(9-12-21-13-10-20)19(23)22-11-2-3-17-8-14-24-15-17/h4-7,17,21H,2-3,8-15H2,1H3,(H,22,23)/t17-/m1/s1. The molecule has 0 aliphatic carbocycles. The van der Waals surface area contributed by atoms with Gasteiger partial charge in [0.05, 0.1) is 0 Å². The monoisotopic (exact) mass is 346 g/mol. The summed E-state index contributed by atoms with van der Waals surface area (Å²) in [5.41, 5.74) is 0.434. The molecule has 0 saturated carbocycles. The van der Waals surface area contributed by atoms with E-state index in [0.29, 0.717) is 25.3 Å². The molecule has 1 atom stereocenters. The van der Waals surface area contributed by atoms with Crippen LogP contribution in [0.4, 0.5) is 0 Å². The first-order valence-corrected chi connectivity index (χ1v) is 9.50. The van der Waals surface area contributed by atoms with Gasteiger partial charge in [-0.05, 0) is 57.3 Å². The number of benzene rings is 1. The first kappa shape index (κ1) is 18.2. The minimum Gasteiger partial charge on any atom is -0.477 e. The summed E-state index contributed by atoms with van der Waals surface area (Å²) in [6.45, 7) is 6.13. The maximum absolute atomic E-state index is 12.9. The zero-order valence-electron chi connectivity index (χ0n) is 15.2. The van der Waals surface area contributed by atoms with Gasteiger partial charge in [-0.2, -0.15) is 0 Å². The SMILES string of the molecule is Cc1ccc(OC2(C(=O)NCCC[C@@H]3CCOC3)CCNCC2)cc1. The smallest absolute Gasteiger partial charge is 0.264 e. The highest BCUT2D eigenvalue weighted by Gasteiger charge is 2.41. The first-order chi connectivity index (χ1) is 12.2. The van der Waals surface area contributed by atoms with Gasteiger partial charge in [-0.3, -0.25) is 4.79 Å². The number of nitrogens with one attached hydrogen (secondary N) is 2. The number of rotatable bonds is 7. The average Bonchev–Trinajstić information content (AvgIpc) is 3.15. The molecule has 0 unspecified atom stereocenters. The van der Waals surface area contributed by atoms with Crippen molar-refractivity contribution < 1.29 is 14.3 Å². The largest absolute Gasteiger partial charge is 0.477 e. The molecule has 1 amide bonds. The van der Waals surface area contributed by atoms with Crippen molar-refractivity contribution in [1.82, 2.24) is 10.6 Å². The Morgan fingerprint density at radius 1 is 1.32 bits per heavy atom. The van der Waals surface area contributed by atoms with E-state index < -0.39 is 5.60 Å². The Morgan fingerprint density at radius 2 is 2.08 bits per heavy atom. The lowest BCUT2D eigenvalue weighted by Gasteiger charge is -2.36. The van der Waals surface area contributed by atoms with Crippen LogP contribution in [0.5, 0.6) is 5.75 Å². The number of hydrogen-bond acceptors (Lipinski definition) is 4. The van der Waals surface area contributed by atoms with E-state index in [2.05, 4.69) is 10.6 Å². The molecule has 0 bridgehead atoms. The number of carbonyl (C=O) groups excluding carboxylic acids is 1. The fourth-order valence-electron chi connectivity index (χ4n) is 3.60. The number of carbonyl (C=O) groups is 1. The number of aryl methyl sites for hydroxylation is 1. The lowest BCUT2D eigenvalue weighted by molar-refractivity contribution is -0.139. The fraction of sp³-hybridized carbons (Fsp3) is 0.650. The van der Waals surface area contributed by atoms with E-state index in [9.17, 15) is 4.79 Å². The van der Waals surface area contributed by atoms with E-state index in [-0.39, 0.29) is 5.91 Å². The normalized spacial score (nSPS) is 22.5. The topological polar surface area (TPSA) is 59.6 Å². The van der Waals surface area contributed by atoms with Gasteiger partial charge in [0, 0.05) is 32.6 Å². The minimum absolute atomic E-state index is 0.0252. The summed E-state index contributed by atoms with van der Waals surface area (Å²) < 4.78 is 11.6. The van der Waals surface area contributed by atoms with Gasteiger partial charge < -0.3 is 20.1 Å². The van der Waals surface area contributed by atoms with E-state index >= 15 is 0 Å². The highest BCUT2D eigenvalue weighted by atomic mass is 16.5. The van der Waals surface area contributed by atoms with Crippen molar-refractivity contribution in [2.45, 2.75) is 44.6 Å². The van der Waals surface area contributed by atoms with Crippen LogP contribution >= 0.6 is 0 Å². The van der Waals surface area contributed by atoms with Crippen LogP contribution in [0, 0.1) is 12.8 Å². The number of amides is 1. The number of ether oxygens (including phenoxy) is 2. The Labute approximate surface area is 150 Å². The Balaban J connectivity index is 1.54. The summed E-state index contributed by atoms with van der Waals surface area (Å²) >= 11 is 0. The number of piperidine rings is 1. The maximum Gasteiger partial charge on any atom is 0.264 e.